The maximum absolute atomic E-state index is 2.28. The second kappa shape index (κ2) is 4.17. The Morgan fingerprint density at radius 1 is 0.818 bits per heavy atom. The molecule has 0 bridgehead atoms. The quantitative estimate of drug-likeness (QED) is 0.641. The van der Waals surface area contributed by atoms with Crippen molar-refractivity contribution in [2.45, 2.75) is 34.6 Å². The Balaban J connectivity index is 0.000001000. The van der Waals surface area contributed by atoms with Crippen molar-refractivity contribution in [3.05, 3.63) is 22.3 Å². The van der Waals surface area contributed by atoms with Gasteiger partial charge in [0.15, 0.2) is 0 Å². The Morgan fingerprint density at radius 2 is 1.09 bits per heavy atom. The minimum atomic E-state index is 0. The summed E-state index contributed by atoms with van der Waals surface area (Å²) in [5.41, 5.74) is 6.11. The van der Waals surface area contributed by atoms with Crippen LogP contribution in [0.15, 0.2) is 22.3 Å². The van der Waals surface area contributed by atoms with Gasteiger partial charge in [0.2, 0.25) is 0 Å². The van der Waals surface area contributed by atoms with Crippen LogP contribution in [0.5, 0.6) is 0 Å². The van der Waals surface area contributed by atoms with E-state index in [1.807, 2.05) is 0 Å². The minimum Gasteiger partial charge on any atom is -0.0632 e. The van der Waals surface area contributed by atoms with E-state index < -0.39 is 0 Å². The molecule has 1 aliphatic rings. The van der Waals surface area contributed by atoms with E-state index in [-0.39, 0.29) is 40.4 Å². The van der Waals surface area contributed by atoms with Crippen molar-refractivity contribution in [2.24, 2.45) is 5.92 Å². The molecule has 62 valence electrons. The summed E-state index contributed by atoms with van der Waals surface area (Å²) < 4.78 is 0. The van der Waals surface area contributed by atoms with Gasteiger partial charge in [0.05, 0.1) is 0 Å². The molecule has 0 saturated carbocycles. The van der Waals surface area contributed by atoms with E-state index in [9.17, 15) is 0 Å². The van der Waals surface area contributed by atoms with Gasteiger partial charge in [0.1, 0.15) is 0 Å². The fourth-order valence-electron chi connectivity index (χ4n) is 1.57. The second-order valence-corrected chi connectivity index (χ2v) is 3.34. The molecule has 0 aliphatic heterocycles. The topological polar surface area (TPSA) is 0 Å². The average Bonchev–Trinajstić information content (AvgIpc) is 2.07. The molecule has 11 heavy (non-hydrogen) atoms. The molecule has 0 spiro atoms. The molecule has 0 heterocycles. The van der Waals surface area contributed by atoms with E-state index in [0.29, 0.717) is 5.92 Å². The largest absolute Gasteiger partial charge is 0.0632 e. The van der Waals surface area contributed by atoms with Gasteiger partial charge < -0.3 is 0 Å². The number of rotatable bonds is 0. The summed E-state index contributed by atoms with van der Waals surface area (Å²) in [5, 5.41) is 0. The molecule has 0 N–H and O–H groups in total. The molecule has 1 heteroatoms. The van der Waals surface area contributed by atoms with Crippen LogP contribution in [0.25, 0.3) is 0 Å². The Morgan fingerprint density at radius 3 is 1.18 bits per heavy atom. The number of allylic oxidation sites excluding steroid dienone is 4. The van der Waals surface area contributed by atoms with Crippen LogP contribution in [0.2, 0.25) is 0 Å². The van der Waals surface area contributed by atoms with Gasteiger partial charge in [-0.25, -0.2) is 0 Å². The summed E-state index contributed by atoms with van der Waals surface area (Å²) in [5.74, 6) is 0.694. The summed E-state index contributed by atoms with van der Waals surface area (Å²) in [6.07, 6.45) is 0. The molecule has 0 aromatic carbocycles. The smallest absolute Gasteiger partial charge is 0 e. The second-order valence-electron chi connectivity index (χ2n) is 3.34. The normalized spacial score (nSPS) is 19.4. The fraction of sp³-hybridized carbons (Fsp3) is 0.600. The van der Waals surface area contributed by atoms with Gasteiger partial charge in [-0.2, -0.15) is 0 Å². The fourth-order valence-corrected chi connectivity index (χ4v) is 1.57. The van der Waals surface area contributed by atoms with Crippen molar-refractivity contribution in [2.75, 3.05) is 0 Å². The van der Waals surface area contributed by atoms with Crippen LogP contribution in [0.1, 0.15) is 34.6 Å². The molecular formula is C10H16Sm. The van der Waals surface area contributed by atoms with E-state index in [1.165, 1.54) is 11.1 Å². The first-order valence-corrected chi connectivity index (χ1v) is 3.90. The summed E-state index contributed by atoms with van der Waals surface area (Å²) in [7, 11) is 0. The van der Waals surface area contributed by atoms with Crippen LogP contribution in [0.4, 0.5) is 0 Å². The van der Waals surface area contributed by atoms with Crippen LogP contribution in [-0.4, -0.2) is 0 Å². The van der Waals surface area contributed by atoms with Crippen LogP contribution in [0.3, 0.4) is 0 Å². The van der Waals surface area contributed by atoms with Crippen molar-refractivity contribution >= 4 is 0 Å². The van der Waals surface area contributed by atoms with Crippen LogP contribution < -0.4 is 0 Å². The number of hydrogen-bond acceptors (Lipinski definition) is 0. The Kier molecular flexibility index (Phi) is 4.48. The van der Waals surface area contributed by atoms with Gasteiger partial charge in [-0.3, -0.25) is 0 Å². The monoisotopic (exact) mass is 288 g/mol. The Hall–Kier alpha value is 0.818. The summed E-state index contributed by atoms with van der Waals surface area (Å²) in [6, 6.07) is 0. The maximum Gasteiger partial charge on any atom is 0 e. The summed E-state index contributed by atoms with van der Waals surface area (Å²) >= 11 is 0. The molecule has 0 saturated heterocycles. The van der Waals surface area contributed by atoms with Crippen LogP contribution in [0, 0.1) is 46.3 Å². The minimum absolute atomic E-state index is 0. The Bertz CT molecular complexity index is 197. The predicted octanol–water partition coefficient (Wildman–Crippen LogP) is 3.31. The summed E-state index contributed by atoms with van der Waals surface area (Å²) in [6.45, 7) is 11.2. The third-order valence-corrected chi connectivity index (χ3v) is 3.04. The van der Waals surface area contributed by atoms with Crippen LogP contribution >= 0.6 is 0 Å². The van der Waals surface area contributed by atoms with Crippen molar-refractivity contribution in [1.29, 1.82) is 0 Å². The van der Waals surface area contributed by atoms with Gasteiger partial charge in [0.25, 0.3) is 0 Å². The predicted molar refractivity (Wildman–Crippen MR) is 45.9 cm³/mol. The zero-order chi connectivity index (χ0) is 7.89. The molecule has 0 radical (unpaired) electrons. The molecule has 0 amide bonds. The zero-order valence-electron chi connectivity index (χ0n) is 7.99. The molecule has 0 aromatic heterocycles. The van der Waals surface area contributed by atoms with Gasteiger partial charge in [0, 0.05) is 40.4 Å². The molecular weight excluding hydrogens is 270 g/mol. The molecule has 1 aliphatic carbocycles. The van der Waals surface area contributed by atoms with E-state index in [2.05, 4.69) is 34.6 Å². The molecule has 0 unspecified atom stereocenters. The van der Waals surface area contributed by atoms with E-state index in [4.69, 9.17) is 0 Å². The first kappa shape index (κ1) is 11.8. The van der Waals surface area contributed by atoms with Crippen molar-refractivity contribution in [1.82, 2.24) is 0 Å². The number of hydrogen-bond donors (Lipinski definition) is 0. The third kappa shape index (κ3) is 1.94. The average molecular weight is 287 g/mol. The molecule has 0 atom stereocenters. The SMILES string of the molecule is CC1=C(C)C(C)C(C)=C1C.[Sm]. The zero-order valence-corrected chi connectivity index (χ0v) is 10.6. The van der Waals surface area contributed by atoms with Gasteiger partial charge in [-0.1, -0.05) is 18.1 Å². The first-order chi connectivity index (χ1) is 4.55. The van der Waals surface area contributed by atoms with E-state index in [1.54, 1.807) is 11.1 Å². The van der Waals surface area contributed by atoms with Crippen LogP contribution in [-0.2, 0) is 0 Å². The third-order valence-electron chi connectivity index (χ3n) is 3.04. The van der Waals surface area contributed by atoms with Crippen molar-refractivity contribution < 1.29 is 40.4 Å². The molecule has 0 nitrogen and oxygen atoms in total. The van der Waals surface area contributed by atoms with Crippen molar-refractivity contribution in [3.63, 3.8) is 0 Å². The van der Waals surface area contributed by atoms with E-state index >= 15 is 0 Å². The molecule has 0 aromatic rings. The van der Waals surface area contributed by atoms with E-state index in [0.717, 1.165) is 0 Å². The maximum atomic E-state index is 2.28. The standard InChI is InChI=1S/C10H16.Sm/c1-6-7(2)9(4)10(5)8(6)3;/h6H,1-5H3;. The van der Waals surface area contributed by atoms with Gasteiger partial charge >= 0.3 is 0 Å². The molecule has 1 rings (SSSR count). The van der Waals surface area contributed by atoms with Gasteiger partial charge in [-0.15, -0.1) is 0 Å². The van der Waals surface area contributed by atoms with Crippen molar-refractivity contribution in [3.8, 4) is 0 Å². The van der Waals surface area contributed by atoms with Gasteiger partial charge in [-0.05, 0) is 44.8 Å². The molecule has 0 fully saturated rings. The Labute approximate surface area is 102 Å². The summed E-state index contributed by atoms with van der Waals surface area (Å²) in [4.78, 5) is 0. The first-order valence-electron chi connectivity index (χ1n) is 3.90.